The van der Waals surface area contributed by atoms with Crippen molar-refractivity contribution < 1.29 is 9.53 Å². The van der Waals surface area contributed by atoms with Crippen molar-refractivity contribution in [3.05, 3.63) is 46.7 Å². The average molecular weight is 540 g/mol. The number of rotatable bonds is 3. The summed E-state index contributed by atoms with van der Waals surface area (Å²) in [6.45, 7) is 9.46. The van der Waals surface area contributed by atoms with Crippen LogP contribution >= 0.6 is 23.8 Å². The van der Waals surface area contributed by atoms with Gasteiger partial charge in [-0.2, -0.15) is 5.10 Å². The van der Waals surface area contributed by atoms with Gasteiger partial charge in [-0.15, -0.1) is 0 Å². The summed E-state index contributed by atoms with van der Waals surface area (Å²) < 4.78 is 7.51. The number of aromatic nitrogens is 2. The summed E-state index contributed by atoms with van der Waals surface area (Å²) in [5.74, 6) is 0.901. The van der Waals surface area contributed by atoms with E-state index in [9.17, 15) is 4.79 Å². The summed E-state index contributed by atoms with van der Waals surface area (Å²) in [5, 5.41) is 9.61. The Morgan fingerprint density at radius 1 is 1.16 bits per heavy atom. The van der Waals surface area contributed by atoms with E-state index in [-0.39, 0.29) is 22.2 Å². The fraction of sp³-hybridized carbons (Fsp3) is 0.633. The first-order chi connectivity index (χ1) is 17.6. The van der Waals surface area contributed by atoms with Gasteiger partial charge in [-0.05, 0) is 100 Å². The van der Waals surface area contributed by atoms with Crippen molar-refractivity contribution in [2.24, 2.45) is 22.7 Å². The zero-order chi connectivity index (χ0) is 26.2. The number of thiocarbonyl (C=S) groups is 1. The first kappa shape index (κ1) is 25.4. The highest BCUT2D eigenvalue weighted by Gasteiger charge is 2.68. The normalized spacial score (nSPS) is 37.8. The topological polar surface area (TPSA) is 56.1 Å². The number of esters is 1. The first-order valence-corrected chi connectivity index (χ1v) is 14.7. The maximum Gasteiger partial charge on any atom is 0.312 e. The molecule has 7 heteroatoms. The molecular weight excluding hydrogens is 502 g/mol. The largest absolute Gasteiger partial charge is 0.466 e. The molecule has 4 aliphatic carbocycles. The van der Waals surface area contributed by atoms with Gasteiger partial charge in [0.05, 0.1) is 28.4 Å². The predicted octanol–water partition coefficient (Wildman–Crippen LogP) is 7.26. The maximum atomic E-state index is 13.3. The highest BCUT2D eigenvalue weighted by atomic mass is 35.5. The number of hydrogen-bond donors (Lipinski definition) is 1. The number of nitrogens with one attached hydrogen (secondary N) is 1. The molecule has 2 bridgehead atoms. The van der Waals surface area contributed by atoms with Gasteiger partial charge < -0.3 is 10.1 Å². The minimum absolute atomic E-state index is 0.0125. The number of benzene rings is 1. The van der Waals surface area contributed by atoms with Crippen molar-refractivity contribution in [2.45, 2.75) is 89.9 Å². The maximum absolute atomic E-state index is 13.3. The second kappa shape index (κ2) is 8.54. The van der Waals surface area contributed by atoms with Crippen LogP contribution in [0.5, 0.6) is 0 Å². The molecule has 3 saturated carbocycles. The lowest BCUT2D eigenvalue weighted by molar-refractivity contribution is -0.180. The van der Waals surface area contributed by atoms with Gasteiger partial charge in [0.25, 0.3) is 0 Å². The number of fused-ring (bicyclic) bond motifs is 5. The van der Waals surface area contributed by atoms with Gasteiger partial charge in [0.1, 0.15) is 0 Å². The number of halogens is 1. The third-order valence-electron chi connectivity index (χ3n) is 10.9. The van der Waals surface area contributed by atoms with Crippen LogP contribution < -0.4 is 5.32 Å². The summed E-state index contributed by atoms with van der Waals surface area (Å²) in [4.78, 5) is 13.3. The number of para-hydroxylation sites is 1. The van der Waals surface area contributed by atoms with Crippen molar-refractivity contribution >= 4 is 40.6 Å². The Hall–Kier alpha value is -1.92. The lowest BCUT2D eigenvalue weighted by atomic mass is 9.40. The molecule has 37 heavy (non-hydrogen) atoms. The lowest BCUT2D eigenvalue weighted by Crippen LogP contribution is -2.60. The SMILES string of the molecule is CCOC(=O)[C@]1(C)CCC[C@@]2(C)[C@@H]3CC[C@@]4(C)C[C@]3(CC[C@@H]21)c1cn(C(=S)Nc2ccccc2Cl)nc14. The zero-order valence-corrected chi connectivity index (χ0v) is 24.0. The third kappa shape index (κ3) is 3.50. The van der Waals surface area contributed by atoms with Crippen LogP contribution in [0, 0.1) is 22.7 Å². The van der Waals surface area contributed by atoms with Crippen LogP contribution in [0.2, 0.25) is 5.02 Å². The number of carbonyl (C=O) groups excluding carboxylic acids is 1. The summed E-state index contributed by atoms with van der Waals surface area (Å²) in [6, 6.07) is 7.65. The fourth-order valence-electron chi connectivity index (χ4n) is 9.43. The predicted molar refractivity (Wildman–Crippen MR) is 151 cm³/mol. The molecule has 1 spiro atoms. The van der Waals surface area contributed by atoms with Gasteiger partial charge in [-0.25, -0.2) is 4.68 Å². The van der Waals surface area contributed by atoms with E-state index in [4.69, 9.17) is 33.7 Å². The molecule has 0 radical (unpaired) electrons. The number of hydrogen-bond acceptors (Lipinski definition) is 4. The van der Waals surface area contributed by atoms with Crippen molar-refractivity contribution in [1.82, 2.24) is 9.78 Å². The molecule has 1 N–H and O–H groups in total. The number of ether oxygens (including phenoxy) is 1. The highest BCUT2D eigenvalue weighted by Crippen LogP contribution is 2.72. The molecule has 198 valence electrons. The van der Waals surface area contributed by atoms with Crippen molar-refractivity contribution in [3.63, 3.8) is 0 Å². The van der Waals surface area contributed by atoms with E-state index in [1.807, 2.05) is 35.9 Å². The van der Waals surface area contributed by atoms with Crippen LogP contribution in [-0.2, 0) is 20.4 Å². The Labute approximate surface area is 230 Å². The van der Waals surface area contributed by atoms with Crippen molar-refractivity contribution in [2.75, 3.05) is 11.9 Å². The molecule has 0 unspecified atom stereocenters. The summed E-state index contributed by atoms with van der Waals surface area (Å²) in [7, 11) is 0. The van der Waals surface area contributed by atoms with Gasteiger partial charge in [-0.3, -0.25) is 4.79 Å². The minimum atomic E-state index is -0.391. The van der Waals surface area contributed by atoms with E-state index in [0.717, 1.165) is 44.2 Å². The molecule has 6 rings (SSSR count). The Bertz CT molecular complexity index is 1280. The summed E-state index contributed by atoms with van der Waals surface area (Å²) >= 11 is 12.2. The van der Waals surface area contributed by atoms with E-state index in [2.05, 4.69) is 32.3 Å². The van der Waals surface area contributed by atoms with E-state index >= 15 is 0 Å². The van der Waals surface area contributed by atoms with Crippen LogP contribution in [0.4, 0.5) is 5.69 Å². The molecule has 3 fully saturated rings. The van der Waals surface area contributed by atoms with Crippen molar-refractivity contribution in [1.29, 1.82) is 0 Å². The minimum Gasteiger partial charge on any atom is -0.466 e. The Kier molecular flexibility index (Phi) is 5.85. The van der Waals surface area contributed by atoms with E-state index in [0.29, 0.717) is 28.6 Å². The summed E-state index contributed by atoms with van der Waals surface area (Å²) in [6.07, 6.45) is 11.1. The lowest BCUT2D eigenvalue weighted by Gasteiger charge is -2.64. The van der Waals surface area contributed by atoms with E-state index in [1.165, 1.54) is 24.1 Å². The molecule has 1 aromatic heterocycles. The van der Waals surface area contributed by atoms with Gasteiger partial charge in [0, 0.05) is 22.6 Å². The Morgan fingerprint density at radius 3 is 2.68 bits per heavy atom. The summed E-state index contributed by atoms with van der Waals surface area (Å²) in [5.41, 5.74) is 3.29. The van der Waals surface area contributed by atoms with Crippen molar-refractivity contribution in [3.8, 4) is 0 Å². The van der Waals surface area contributed by atoms with Gasteiger partial charge in [-0.1, -0.05) is 44.0 Å². The Balaban J connectivity index is 1.37. The molecule has 1 aromatic carbocycles. The number of carbonyl (C=O) groups is 1. The van der Waals surface area contributed by atoms with Crippen LogP contribution in [0.1, 0.15) is 90.3 Å². The quantitative estimate of drug-likeness (QED) is 0.328. The second-order valence-electron chi connectivity index (χ2n) is 12.8. The molecule has 1 heterocycles. The van der Waals surface area contributed by atoms with Crippen LogP contribution in [0.25, 0.3) is 0 Å². The van der Waals surface area contributed by atoms with E-state index in [1.54, 1.807) is 0 Å². The third-order valence-corrected chi connectivity index (χ3v) is 11.5. The molecular formula is C30H38ClN3O2S. The second-order valence-corrected chi connectivity index (χ2v) is 13.6. The highest BCUT2D eigenvalue weighted by molar-refractivity contribution is 7.80. The molecule has 2 aromatic rings. The van der Waals surface area contributed by atoms with Crippen LogP contribution in [0.15, 0.2) is 30.5 Å². The average Bonchev–Trinajstić information content (AvgIpc) is 3.38. The number of anilines is 1. The molecule has 0 saturated heterocycles. The molecule has 0 aliphatic heterocycles. The molecule has 5 nitrogen and oxygen atoms in total. The monoisotopic (exact) mass is 539 g/mol. The number of nitrogens with zero attached hydrogens (tertiary/aromatic N) is 2. The molecule has 6 atom stereocenters. The molecule has 0 amide bonds. The molecule has 4 aliphatic rings. The first-order valence-electron chi connectivity index (χ1n) is 13.9. The van der Waals surface area contributed by atoms with Gasteiger partial charge in [0.15, 0.2) is 5.11 Å². The Morgan fingerprint density at radius 2 is 1.92 bits per heavy atom. The standard InChI is InChI=1S/C30H38ClN3O2S/c1-5-36-25(35)29(4)14-8-13-28(3)22(29)12-16-30-18-27(2,15-11-23(28)30)24-19(30)17-34(33-24)26(37)32-21-10-7-6-9-20(21)31/h6-7,9-10,17,22-23H,5,8,11-16,18H2,1-4H3,(H,32,37)/t22-,23-,27-,28+,29+,30+/m0/s1. The smallest absolute Gasteiger partial charge is 0.312 e. The fourth-order valence-corrected chi connectivity index (χ4v) is 9.82. The van der Waals surface area contributed by atoms with Crippen LogP contribution in [-0.4, -0.2) is 27.5 Å². The van der Waals surface area contributed by atoms with Gasteiger partial charge >= 0.3 is 5.97 Å². The van der Waals surface area contributed by atoms with E-state index < -0.39 is 5.41 Å². The van der Waals surface area contributed by atoms with Gasteiger partial charge in [0.2, 0.25) is 0 Å². The van der Waals surface area contributed by atoms with Crippen LogP contribution in [0.3, 0.4) is 0 Å². The zero-order valence-electron chi connectivity index (χ0n) is 22.4.